The molecule has 1 aromatic carbocycles. The van der Waals surface area contributed by atoms with Crippen molar-refractivity contribution >= 4 is 17.4 Å². The molecule has 6 heteroatoms. The predicted octanol–water partition coefficient (Wildman–Crippen LogP) is 1.57. The first kappa shape index (κ1) is 12.9. The molecule has 98 valence electrons. The van der Waals surface area contributed by atoms with E-state index in [0.717, 1.165) is 0 Å². The Bertz CT molecular complexity index is 559. The van der Waals surface area contributed by atoms with Crippen LogP contribution in [0.4, 0.5) is 5.69 Å². The summed E-state index contributed by atoms with van der Waals surface area (Å²) in [5, 5.41) is 32.9. The number of phenolic OH excluding ortho intramolecular Hbond substituents is 1. The fourth-order valence-electron chi connectivity index (χ4n) is 2.10. The summed E-state index contributed by atoms with van der Waals surface area (Å²) < 4.78 is 0. The standard InChI is InChI=1S/C13H13N3O3/c1-8-11(7-14)15-16(12(8)6-13(18)19)9-2-4-10(17)5-3-9/h2-5,8,12,17H,6H2,1H3,(H,18,19). The number of hydrogen-bond donors (Lipinski definition) is 2. The van der Waals surface area contributed by atoms with Crippen LogP contribution in [0.3, 0.4) is 0 Å². The van der Waals surface area contributed by atoms with Crippen LogP contribution in [0.15, 0.2) is 29.4 Å². The lowest BCUT2D eigenvalue weighted by molar-refractivity contribution is -0.137. The Morgan fingerprint density at radius 2 is 2.11 bits per heavy atom. The van der Waals surface area contributed by atoms with Gasteiger partial charge in [0.15, 0.2) is 0 Å². The highest BCUT2D eigenvalue weighted by Gasteiger charge is 2.36. The van der Waals surface area contributed by atoms with Gasteiger partial charge < -0.3 is 10.2 Å². The lowest BCUT2D eigenvalue weighted by Gasteiger charge is -2.24. The van der Waals surface area contributed by atoms with E-state index in [1.807, 2.05) is 6.07 Å². The minimum Gasteiger partial charge on any atom is -0.508 e. The van der Waals surface area contributed by atoms with Crippen molar-refractivity contribution in [3.63, 3.8) is 0 Å². The Balaban J connectivity index is 2.34. The molecule has 0 saturated heterocycles. The first-order valence-electron chi connectivity index (χ1n) is 5.81. The second-order valence-electron chi connectivity index (χ2n) is 4.41. The molecule has 2 rings (SSSR count). The van der Waals surface area contributed by atoms with Gasteiger partial charge >= 0.3 is 5.97 Å². The van der Waals surface area contributed by atoms with Gasteiger partial charge in [0, 0.05) is 5.92 Å². The summed E-state index contributed by atoms with van der Waals surface area (Å²) in [6, 6.07) is 7.88. The van der Waals surface area contributed by atoms with Gasteiger partial charge in [0.05, 0.1) is 18.2 Å². The Labute approximate surface area is 110 Å². The molecular weight excluding hydrogens is 246 g/mol. The third kappa shape index (κ3) is 2.50. The third-order valence-corrected chi connectivity index (χ3v) is 3.15. The molecule has 0 fully saturated rings. The topological polar surface area (TPSA) is 96.9 Å². The van der Waals surface area contributed by atoms with E-state index in [9.17, 15) is 9.90 Å². The number of hydrazone groups is 1. The van der Waals surface area contributed by atoms with E-state index in [-0.39, 0.29) is 18.1 Å². The van der Waals surface area contributed by atoms with Crippen LogP contribution in [-0.2, 0) is 4.79 Å². The number of carboxylic acid groups (broad SMARTS) is 1. The number of carbonyl (C=O) groups is 1. The lowest BCUT2D eigenvalue weighted by atomic mass is 9.95. The van der Waals surface area contributed by atoms with Crippen molar-refractivity contribution in [2.45, 2.75) is 19.4 Å². The van der Waals surface area contributed by atoms with Crippen LogP contribution >= 0.6 is 0 Å². The van der Waals surface area contributed by atoms with Crippen molar-refractivity contribution in [3.8, 4) is 11.8 Å². The zero-order chi connectivity index (χ0) is 14.0. The summed E-state index contributed by atoms with van der Waals surface area (Å²) in [5.74, 6) is -1.06. The van der Waals surface area contributed by atoms with Crippen molar-refractivity contribution < 1.29 is 15.0 Å². The SMILES string of the molecule is CC1C(C#N)=NN(c2ccc(O)cc2)C1CC(=O)O. The van der Waals surface area contributed by atoms with Gasteiger partial charge in [0.2, 0.25) is 0 Å². The molecule has 2 N–H and O–H groups in total. The molecule has 1 aliphatic rings. The van der Waals surface area contributed by atoms with E-state index in [2.05, 4.69) is 5.10 Å². The van der Waals surface area contributed by atoms with E-state index in [4.69, 9.17) is 10.4 Å². The molecule has 2 unspecified atom stereocenters. The van der Waals surface area contributed by atoms with Crippen LogP contribution in [0.2, 0.25) is 0 Å². The van der Waals surface area contributed by atoms with Crippen LogP contribution in [0, 0.1) is 17.2 Å². The number of phenols is 1. The summed E-state index contributed by atoms with van der Waals surface area (Å²) >= 11 is 0. The largest absolute Gasteiger partial charge is 0.508 e. The van der Waals surface area contributed by atoms with Gasteiger partial charge in [-0.3, -0.25) is 9.80 Å². The molecule has 6 nitrogen and oxygen atoms in total. The Morgan fingerprint density at radius 1 is 1.47 bits per heavy atom. The van der Waals surface area contributed by atoms with E-state index in [1.54, 1.807) is 19.1 Å². The van der Waals surface area contributed by atoms with Crippen molar-refractivity contribution in [3.05, 3.63) is 24.3 Å². The monoisotopic (exact) mass is 259 g/mol. The van der Waals surface area contributed by atoms with Crippen molar-refractivity contribution in [2.24, 2.45) is 11.0 Å². The van der Waals surface area contributed by atoms with E-state index in [0.29, 0.717) is 11.4 Å². The number of aliphatic carboxylic acids is 1. The van der Waals surface area contributed by atoms with Crippen LogP contribution in [0.5, 0.6) is 5.75 Å². The highest BCUT2D eigenvalue weighted by atomic mass is 16.4. The number of rotatable bonds is 3. The van der Waals surface area contributed by atoms with Gasteiger partial charge in [-0.25, -0.2) is 0 Å². The number of benzene rings is 1. The van der Waals surface area contributed by atoms with Crippen LogP contribution < -0.4 is 5.01 Å². The summed E-state index contributed by atoms with van der Waals surface area (Å²) in [6.45, 7) is 1.79. The quantitative estimate of drug-likeness (QED) is 0.858. The number of aromatic hydroxyl groups is 1. The molecule has 19 heavy (non-hydrogen) atoms. The van der Waals surface area contributed by atoms with Crippen molar-refractivity contribution in [1.29, 1.82) is 5.26 Å². The van der Waals surface area contributed by atoms with Crippen molar-refractivity contribution in [2.75, 3.05) is 5.01 Å². The molecule has 0 aromatic heterocycles. The van der Waals surface area contributed by atoms with Gasteiger partial charge in [-0.1, -0.05) is 6.92 Å². The summed E-state index contributed by atoms with van der Waals surface area (Å²) in [5.41, 5.74) is 0.973. The molecular formula is C13H13N3O3. The predicted molar refractivity (Wildman–Crippen MR) is 68.8 cm³/mol. The Morgan fingerprint density at radius 3 is 2.63 bits per heavy atom. The van der Waals surface area contributed by atoms with Gasteiger partial charge in [-0.05, 0) is 24.3 Å². The molecule has 0 aliphatic carbocycles. The summed E-state index contributed by atoms with van der Waals surface area (Å²) in [4.78, 5) is 10.9. The third-order valence-electron chi connectivity index (χ3n) is 3.15. The zero-order valence-corrected chi connectivity index (χ0v) is 10.3. The average molecular weight is 259 g/mol. The number of hydrogen-bond acceptors (Lipinski definition) is 5. The molecule has 0 spiro atoms. The number of nitriles is 1. The van der Waals surface area contributed by atoms with Gasteiger partial charge in [0.25, 0.3) is 0 Å². The minimum atomic E-state index is -0.935. The van der Waals surface area contributed by atoms with E-state index in [1.165, 1.54) is 17.1 Å². The maximum Gasteiger partial charge on any atom is 0.305 e. The fraction of sp³-hybridized carbons (Fsp3) is 0.308. The molecule has 0 radical (unpaired) electrons. The van der Waals surface area contributed by atoms with E-state index < -0.39 is 12.0 Å². The van der Waals surface area contributed by atoms with Gasteiger partial charge in [-0.2, -0.15) is 10.4 Å². The molecule has 1 heterocycles. The second kappa shape index (κ2) is 4.98. The first-order chi connectivity index (χ1) is 9.02. The maximum atomic E-state index is 10.9. The zero-order valence-electron chi connectivity index (χ0n) is 10.3. The smallest absolute Gasteiger partial charge is 0.305 e. The van der Waals surface area contributed by atoms with Gasteiger partial charge in [-0.15, -0.1) is 0 Å². The Hall–Kier alpha value is -2.55. The second-order valence-corrected chi connectivity index (χ2v) is 4.41. The fourth-order valence-corrected chi connectivity index (χ4v) is 2.10. The number of anilines is 1. The minimum absolute atomic E-state index is 0.100. The summed E-state index contributed by atoms with van der Waals surface area (Å²) in [6.07, 6.45) is -0.100. The van der Waals surface area contributed by atoms with Crippen molar-refractivity contribution in [1.82, 2.24) is 0 Å². The highest BCUT2D eigenvalue weighted by Crippen LogP contribution is 2.30. The average Bonchev–Trinajstić information content (AvgIpc) is 2.67. The van der Waals surface area contributed by atoms with Crippen LogP contribution in [0.1, 0.15) is 13.3 Å². The molecule has 0 saturated carbocycles. The number of carboxylic acids is 1. The number of nitrogens with zero attached hydrogens (tertiary/aromatic N) is 3. The Kier molecular flexibility index (Phi) is 3.38. The first-order valence-corrected chi connectivity index (χ1v) is 5.81. The van der Waals surface area contributed by atoms with Crippen LogP contribution in [0.25, 0.3) is 0 Å². The highest BCUT2D eigenvalue weighted by molar-refractivity contribution is 6.03. The summed E-state index contributed by atoms with van der Waals surface area (Å²) in [7, 11) is 0. The van der Waals surface area contributed by atoms with E-state index >= 15 is 0 Å². The molecule has 2 atom stereocenters. The molecule has 0 amide bonds. The van der Waals surface area contributed by atoms with Crippen LogP contribution in [-0.4, -0.2) is 27.9 Å². The normalized spacial score (nSPS) is 21.9. The lowest BCUT2D eigenvalue weighted by Crippen LogP contribution is -2.34. The molecule has 1 aromatic rings. The molecule has 0 bridgehead atoms. The van der Waals surface area contributed by atoms with Gasteiger partial charge in [0.1, 0.15) is 17.5 Å². The molecule has 1 aliphatic heterocycles. The maximum absolute atomic E-state index is 10.9.